The van der Waals surface area contributed by atoms with E-state index in [0.717, 1.165) is 22.7 Å². The first kappa shape index (κ1) is 8.90. The van der Waals surface area contributed by atoms with Crippen molar-refractivity contribution < 1.29 is 0 Å². The summed E-state index contributed by atoms with van der Waals surface area (Å²) in [4.78, 5) is 11.9. The monoisotopic (exact) mass is 214 g/mol. The van der Waals surface area contributed by atoms with Gasteiger partial charge in [0.25, 0.3) is 0 Å². The van der Waals surface area contributed by atoms with Crippen molar-refractivity contribution in [1.82, 2.24) is 25.1 Å². The molecule has 6 nitrogen and oxygen atoms in total. The van der Waals surface area contributed by atoms with Gasteiger partial charge in [-0.25, -0.2) is 9.97 Å². The molecule has 0 saturated carbocycles. The lowest BCUT2D eigenvalue weighted by atomic mass is 10.3. The molecule has 3 aromatic heterocycles. The number of fused-ring (bicyclic) bond motifs is 1. The first-order valence-corrected chi connectivity index (χ1v) is 4.90. The highest BCUT2D eigenvalue weighted by Gasteiger charge is 2.07. The summed E-state index contributed by atoms with van der Waals surface area (Å²) in [6.45, 7) is 0. The minimum Gasteiger partial charge on any atom is -0.373 e. The summed E-state index contributed by atoms with van der Waals surface area (Å²) in [5.41, 5.74) is 2.53. The van der Waals surface area contributed by atoms with Gasteiger partial charge in [-0.3, -0.25) is 5.10 Å². The molecule has 0 aliphatic heterocycles. The molecule has 3 rings (SSSR count). The van der Waals surface area contributed by atoms with Crippen molar-refractivity contribution in [2.75, 3.05) is 12.4 Å². The van der Waals surface area contributed by atoms with Crippen molar-refractivity contribution in [1.29, 1.82) is 0 Å². The summed E-state index contributed by atoms with van der Waals surface area (Å²) in [6, 6.07) is 3.85. The van der Waals surface area contributed by atoms with Gasteiger partial charge in [-0.05, 0) is 12.1 Å². The van der Waals surface area contributed by atoms with E-state index in [1.54, 1.807) is 12.4 Å². The topological polar surface area (TPSA) is 82.3 Å². The van der Waals surface area contributed by atoms with Crippen LogP contribution < -0.4 is 5.32 Å². The Bertz CT molecular complexity index is 609. The molecular formula is C10H10N6. The minimum absolute atomic E-state index is 0.697. The summed E-state index contributed by atoms with van der Waals surface area (Å²) >= 11 is 0. The number of nitrogens with zero attached hydrogens (tertiary/aromatic N) is 3. The number of nitrogens with one attached hydrogen (secondary N) is 3. The van der Waals surface area contributed by atoms with Crippen molar-refractivity contribution in [3.63, 3.8) is 0 Å². The molecule has 0 amide bonds. The number of aromatic amines is 2. The quantitative estimate of drug-likeness (QED) is 0.602. The molecule has 0 aliphatic rings. The molecule has 3 aromatic rings. The van der Waals surface area contributed by atoms with Gasteiger partial charge in [-0.15, -0.1) is 0 Å². The Morgan fingerprint density at radius 3 is 2.94 bits per heavy atom. The number of rotatable bonds is 2. The van der Waals surface area contributed by atoms with Crippen molar-refractivity contribution >= 4 is 17.0 Å². The number of pyridine rings is 1. The van der Waals surface area contributed by atoms with E-state index >= 15 is 0 Å². The number of hydrogen-bond acceptors (Lipinski definition) is 4. The molecule has 0 aliphatic carbocycles. The Kier molecular flexibility index (Phi) is 1.86. The molecule has 0 atom stereocenters. The Morgan fingerprint density at radius 2 is 2.19 bits per heavy atom. The highest BCUT2D eigenvalue weighted by atomic mass is 15.1. The van der Waals surface area contributed by atoms with Gasteiger partial charge in [0.2, 0.25) is 0 Å². The smallest absolute Gasteiger partial charge is 0.180 e. The fourth-order valence-corrected chi connectivity index (χ4v) is 1.55. The molecular weight excluding hydrogens is 204 g/mol. The third-order valence-electron chi connectivity index (χ3n) is 2.37. The summed E-state index contributed by atoms with van der Waals surface area (Å²) in [7, 11) is 1.83. The lowest BCUT2D eigenvalue weighted by molar-refractivity contribution is 1.09. The fourth-order valence-electron chi connectivity index (χ4n) is 1.55. The lowest BCUT2D eigenvalue weighted by Gasteiger charge is -1.95. The van der Waals surface area contributed by atoms with Gasteiger partial charge < -0.3 is 10.3 Å². The van der Waals surface area contributed by atoms with Crippen LogP contribution >= 0.6 is 0 Å². The third-order valence-corrected chi connectivity index (χ3v) is 2.37. The molecule has 0 spiro atoms. The van der Waals surface area contributed by atoms with Gasteiger partial charge in [-0.2, -0.15) is 5.10 Å². The zero-order valence-electron chi connectivity index (χ0n) is 8.65. The van der Waals surface area contributed by atoms with Crippen LogP contribution in [0.15, 0.2) is 24.5 Å². The average Bonchev–Trinajstić information content (AvgIpc) is 2.96. The molecule has 0 radical (unpaired) electrons. The van der Waals surface area contributed by atoms with E-state index in [1.807, 2.05) is 19.2 Å². The van der Waals surface area contributed by atoms with Crippen LogP contribution in [0.2, 0.25) is 0 Å². The number of aromatic nitrogens is 5. The zero-order chi connectivity index (χ0) is 11.0. The van der Waals surface area contributed by atoms with Gasteiger partial charge in [0.1, 0.15) is 11.6 Å². The van der Waals surface area contributed by atoms with Crippen LogP contribution in [0.1, 0.15) is 0 Å². The van der Waals surface area contributed by atoms with Crippen molar-refractivity contribution in [3.8, 4) is 11.4 Å². The second-order valence-corrected chi connectivity index (χ2v) is 3.39. The summed E-state index contributed by atoms with van der Waals surface area (Å²) in [6.07, 6.45) is 3.51. The molecule has 6 heteroatoms. The largest absolute Gasteiger partial charge is 0.373 e. The highest BCUT2D eigenvalue weighted by molar-refractivity contribution is 5.77. The average molecular weight is 214 g/mol. The zero-order valence-corrected chi connectivity index (χ0v) is 8.65. The third kappa shape index (κ3) is 1.31. The van der Waals surface area contributed by atoms with E-state index in [9.17, 15) is 0 Å². The lowest BCUT2D eigenvalue weighted by Crippen LogP contribution is -1.91. The summed E-state index contributed by atoms with van der Waals surface area (Å²) in [5.74, 6) is 1.57. The van der Waals surface area contributed by atoms with E-state index in [-0.39, 0.29) is 0 Å². The molecule has 0 saturated heterocycles. The Labute approximate surface area is 91.1 Å². The maximum atomic E-state index is 4.40. The van der Waals surface area contributed by atoms with E-state index in [4.69, 9.17) is 0 Å². The molecule has 0 aromatic carbocycles. The molecule has 16 heavy (non-hydrogen) atoms. The summed E-state index contributed by atoms with van der Waals surface area (Å²) in [5, 5.41) is 9.62. The van der Waals surface area contributed by atoms with Crippen LogP contribution in [0, 0.1) is 0 Å². The van der Waals surface area contributed by atoms with Gasteiger partial charge in [0.15, 0.2) is 5.65 Å². The molecule has 3 N–H and O–H groups in total. The number of hydrogen-bond donors (Lipinski definition) is 3. The minimum atomic E-state index is 0.697. The van der Waals surface area contributed by atoms with Gasteiger partial charge in [-0.1, -0.05) is 0 Å². The normalized spacial score (nSPS) is 10.8. The van der Waals surface area contributed by atoms with Gasteiger partial charge in [0.05, 0.1) is 17.3 Å². The predicted octanol–water partition coefficient (Wildman–Crippen LogP) is 1.39. The van der Waals surface area contributed by atoms with Crippen LogP contribution in [-0.2, 0) is 0 Å². The maximum absolute atomic E-state index is 4.40. The van der Waals surface area contributed by atoms with Gasteiger partial charge in [0, 0.05) is 13.2 Å². The van der Waals surface area contributed by atoms with Crippen LogP contribution in [0.5, 0.6) is 0 Å². The Balaban J connectivity index is 2.16. The second kappa shape index (κ2) is 3.34. The SMILES string of the molecule is CNc1ccc2[nH]c(-c3cn[nH]c3)nc2n1. The van der Waals surface area contributed by atoms with E-state index in [1.165, 1.54) is 0 Å². The van der Waals surface area contributed by atoms with Crippen molar-refractivity contribution in [2.24, 2.45) is 0 Å². The van der Waals surface area contributed by atoms with Crippen molar-refractivity contribution in [2.45, 2.75) is 0 Å². The van der Waals surface area contributed by atoms with Crippen LogP contribution in [0.4, 0.5) is 5.82 Å². The molecule has 0 unspecified atom stereocenters. The standard InChI is InChI=1S/C10H10N6/c1-11-8-3-2-7-10(15-8)16-9(14-7)6-4-12-13-5-6/h2-5H,1H3,(H,12,13)(H2,11,14,15,16). The van der Waals surface area contributed by atoms with Crippen LogP contribution in [0.25, 0.3) is 22.6 Å². The molecule has 0 bridgehead atoms. The van der Waals surface area contributed by atoms with Crippen molar-refractivity contribution in [3.05, 3.63) is 24.5 Å². The number of anilines is 1. The van der Waals surface area contributed by atoms with Crippen LogP contribution in [-0.4, -0.2) is 32.2 Å². The second-order valence-electron chi connectivity index (χ2n) is 3.39. The fraction of sp³-hybridized carbons (Fsp3) is 0.100. The number of H-pyrrole nitrogens is 2. The number of imidazole rings is 1. The first-order valence-electron chi connectivity index (χ1n) is 4.90. The molecule has 0 fully saturated rings. The Hall–Kier alpha value is -2.37. The summed E-state index contributed by atoms with van der Waals surface area (Å²) < 4.78 is 0. The van der Waals surface area contributed by atoms with Gasteiger partial charge >= 0.3 is 0 Å². The van der Waals surface area contributed by atoms with E-state index in [0.29, 0.717) is 5.65 Å². The predicted molar refractivity (Wildman–Crippen MR) is 61.0 cm³/mol. The van der Waals surface area contributed by atoms with E-state index < -0.39 is 0 Å². The van der Waals surface area contributed by atoms with E-state index in [2.05, 4.69) is 30.5 Å². The maximum Gasteiger partial charge on any atom is 0.180 e. The first-order chi connectivity index (χ1) is 7.86. The molecule has 80 valence electrons. The Morgan fingerprint density at radius 1 is 1.25 bits per heavy atom. The molecule has 3 heterocycles. The highest BCUT2D eigenvalue weighted by Crippen LogP contribution is 2.19. The van der Waals surface area contributed by atoms with Crippen LogP contribution in [0.3, 0.4) is 0 Å².